The van der Waals surface area contributed by atoms with Crippen molar-refractivity contribution in [3.63, 3.8) is 0 Å². The third kappa shape index (κ3) is 4.77. The molecule has 4 aromatic rings. The summed E-state index contributed by atoms with van der Waals surface area (Å²) < 4.78 is 1.80. The molecule has 2 N–H and O–H groups in total. The van der Waals surface area contributed by atoms with Gasteiger partial charge in [-0.1, -0.05) is 24.3 Å². The molecular weight excluding hydrogens is 466 g/mol. The molecule has 0 saturated carbocycles. The topological polar surface area (TPSA) is 95.4 Å². The van der Waals surface area contributed by atoms with Crippen LogP contribution in [0.2, 0.25) is 0 Å². The number of likely N-dealkylation sites (tertiary alicyclic amines) is 2. The van der Waals surface area contributed by atoms with E-state index in [2.05, 4.69) is 20.5 Å². The second kappa shape index (κ2) is 10.0. The lowest BCUT2D eigenvalue weighted by Crippen LogP contribution is -2.60. The van der Waals surface area contributed by atoms with Gasteiger partial charge in [-0.15, -0.1) is 0 Å². The number of nitrogens with zero attached hydrogens (tertiary/aromatic N) is 5. The van der Waals surface area contributed by atoms with Crippen molar-refractivity contribution in [1.82, 2.24) is 29.9 Å². The van der Waals surface area contributed by atoms with E-state index >= 15 is 0 Å². The van der Waals surface area contributed by atoms with E-state index in [9.17, 15) is 9.59 Å². The van der Waals surface area contributed by atoms with E-state index < -0.39 is 0 Å². The van der Waals surface area contributed by atoms with Crippen molar-refractivity contribution in [3.8, 4) is 5.69 Å². The summed E-state index contributed by atoms with van der Waals surface area (Å²) in [6.45, 7) is 4.21. The molecule has 0 radical (unpaired) electrons. The molecular formula is C28H29N7O2. The molecule has 2 saturated heterocycles. The molecule has 6 rings (SSSR count). The Labute approximate surface area is 215 Å². The molecule has 0 spiro atoms. The fourth-order valence-corrected chi connectivity index (χ4v) is 5.08. The van der Waals surface area contributed by atoms with E-state index in [4.69, 9.17) is 5.10 Å². The molecule has 2 aromatic carbocycles. The van der Waals surface area contributed by atoms with Crippen LogP contribution in [0.1, 0.15) is 28.9 Å². The molecule has 2 aliphatic rings. The van der Waals surface area contributed by atoms with E-state index in [-0.39, 0.29) is 11.9 Å². The minimum atomic E-state index is -0.296. The number of amides is 3. The molecule has 0 unspecified atom stereocenters. The summed E-state index contributed by atoms with van der Waals surface area (Å²) >= 11 is 0. The molecule has 3 amide bonds. The van der Waals surface area contributed by atoms with Gasteiger partial charge in [0.25, 0.3) is 5.91 Å². The Morgan fingerprint density at radius 2 is 1.73 bits per heavy atom. The molecule has 9 nitrogen and oxygen atoms in total. The van der Waals surface area contributed by atoms with Crippen molar-refractivity contribution < 1.29 is 9.59 Å². The van der Waals surface area contributed by atoms with E-state index in [1.165, 1.54) is 12.8 Å². The number of anilines is 1. The Hall–Kier alpha value is -4.24. The fourth-order valence-electron chi connectivity index (χ4n) is 5.08. The first-order valence-electron chi connectivity index (χ1n) is 12.7. The van der Waals surface area contributed by atoms with Gasteiger partial charge >= 0.3 is 6.03 Å². The molecule has 0 atom stereocenters. The Morgan fingerprint density at radius 3 is 2.49 bits per heavy atom. The quantitative estimate of drug-likeness (QED) is 0.426. The number of nitrogens with one attached hydrogen (secondary N) is 2. The predicted molar refractivity (Wildman–Crippen MR) is 142 cm³/mol. The monoisotopic (exact) mass is 495 g/mol. The van der Waals surface area contributed by atoms with Crippen LogP contribution < -0.4 is 10.6 Å². The second-order valence-electron chi connectivity index (χ2n) is 9.60. The number of carbonyl (C=O) groups is 2. The largest absolute Gasteiger partial charge is 0.334 e. The van der Waals surface area contributed by atoms with Crippen molar-refractivity contribution in [3.05, 3.63) is 84.3 Å². The predicted octanol–water partition coefficient (Wildman–Crippen LogP) is 3.66. The summed E-state index contributed by atoms with van der Waals surface area (Å²) in [4.78, 5) is 34.1. The maximum absolute atomic E-state index is 13.4. The lowest BCUT2D eigenvalue weighted by atomic mass is 10.1. The van der Waals surface area contributed by atoms with Crippen LogP contribution >= 0.6 is 0 Å². The maximum atomic E-state index is 13.4. The van der Waals surface area contributed by atoms with Crippen LogP contribution in [0.5, 0.6) is 0 Å². The first-order chi connectivity index (χ1) is 18.2. The van der Waals surface area contributed by atoms with Crippen molar-refractivity contribution in [2.24, 2.45) is 0 Å². The van der Waals surface area contributed by atoms with Gasteiger partial charge in [-0.3, -0.25) is 14.7 Å². The molecule has 2 aliphatic heterocycles. The molecule has 2 aromatic heterocycles. The molecule has 2 fully saturated rings. The lowest BCUT2D eigenvalue weighted by molar-refractivity contribution is 0.0330. The summed E-state index contributed by atoms with van der Waals surface area (Å²) in [5.74, 6) is -0.0195. The maximum Gasteiger partial charge on any atom is 0.319 e. The van der Waals surface area contributed by atoms with E-state index in [0.717, 1.165) is 48.3 Å². The van der Waals surface area contributed by atoms with Gasteiger partial charge in [0.15, 0.2) is 5.69 Å². The number of hydrogen-bond donors (Lipinski definition) is 2. The van der Waals surface area contributed by atoms with Gasteiger partial charge in [0.05, 0.1) is 11.2 Å². The third-order valence-corrected chi connectivity index (χ3v) is 7.14. The zero-order chi connectivity index (χ0) is 25.2. The molecule has 188 valence electrons. The second-order valence-corrected chi connectivity index (χ2v) is 9.60. The SMILES string of the molecule is O=C(NCc1cccnc1)Nc1ccc(-n2nc(C(=O)N3CC(N4CCCC4)C3)c3ccccc32)cc1. The third-order valence-electron chi connectivity index (χ3n) is 7.14. The Morgan fingerprint density at radius 1 is 0.946 bits per heavy atom. The van der Waals surface area contributed by atoms with Gasteiger partial charge in [-0.25, -0.2) is 9.48 Å². The van der Waals surface area contributed by atoms with Crippen molar-refractivity contribution in [2.75, 3.05) is 31.5 Å². The number of benzene rings is 2. The van der Waals surface area contributed by atoms with E-state index in [1.54, 1.807) is 17.1 Å². The molecule has 0 aliphatic carbocycles. The molecule has 4 heterocycles. The van der Waals surface area contributed by atoms with Crippen LogP contribution in [0.3, 0.4) is 0 Å². The minimum absolute atomic E-state index is 0.0195. The number of aromatic nitrogens is 3. The standard InChI is InChI=1S/C28H29N7O2/c36-27(34-18-23(19-34)33-14-3-4-15-33)26-24-7-1-2-8-25(24)35(32-26)22-11-9-21(10-12-22)31-28(37)30-17-20-6-5-13-29-16-20/h1-2,5-13,16,23H,3-4,14-15,17-19H2,(H2,30,31,37). The smallest absolute Gasteiger partial charge is 0.319 e. The summed E-state index contributed by atoms with van der Waals surface area (Å²) in [7, 11) is 0. The van der Waals surface area contributed by atoms with Gasteiger partial charge < -0.3 is 15.5 Å². The summed E-state index contributed by atoms with van der Waals surface area (Å²) in [5.41, 5.74) is 3.75. The highest BCUT2D eigenvalue weighted by Gasteiger charge is 2.37. The van der Waals surface area contributed by atoms with E-state index in [0.29, 0.717) is 24.0 Å². The highest BCUT2D eigenvalue weighted by molar-refractivity contribution is 6.05. The van der Waals surface area contributed by atoms with Gasteiger partial charge in [0.2, 0.25) is 0 Å². The highest BCUT2D eigenvalue weighted by Crippen LogP contribution is 2.27. The van der Waals surface area contributed by atoms with Gasteiger partial charge in [-0.2, -0.15) is 5.10 Å². The van der Waals surface area contributed by atoms with E-state index in [1.807, 2.05) is 65.6 Å². The lowest BCUT2D eigenvalue weighted by Gasteiger charge is -2.43. The number of rotatable bonds is 6. The number of hydrogen-bond acceptors (Lipinski definition) is 5. The van der Waals surface area contributed by atoms with Crippen molar-refractivity contribution in [2.45, 2.75) is 25.4 Å². The number of fused-ring (bicyclic) bond motifs is 1. The average molecular weight is 496 g/mol. The summed E-state index contributed by atoms with van der Waals surface area (Å²) in [6, 6.07) is 19.2. The highest BCUT2D eigenvalue weighted by atomic mass is 16.2. The molecule has 0 bridgehead atoms. The zero-order valence-corrected chi connectivity index (χ0v) is 20.5. The van der Waals surface area contributed by atoms with Crippen molar-refractivity contribution in [1.29, 1.82) is 0 Å². The van der Waals surface area contributed by atoms with Crippen LogP contribution in [0, 0.1) is 0 Å². The first kappa shape index (κ1) is 23.2. The van der Waals surface area contributed by atoms with Gasteiger partial charge in [0, 0.05) is 49.1 Å². The van der Waals surface area contributed by atoms with Gasteiger partial charge in [0.1, 0.15) is 0 Å². The van der Waals surface area contributed by atoms with Gasteiger partial charge in [-0.05, 0) is 67.9 Å². The van der Waals surface area contributed by atoms with Crippen LogP contribution in [0.4, 0.5) is 10.5 Å². The van der Waals surface area contributed by atoms with Crippen LogP contribution in [0.25, 0.3) is 16.6 Å². The average Bonchev–Trinajstić information content (AvgIpc) is 3.56. The number of urea groups is 1. The Balaban J connectivity index is 1.15. The molecule has 37 heavy (non-hydrogen) atoms. The summed E-state index contributed by atoms with van der Waals surface area (Å²) in [6.07, 6.45) is 5.92. The minimum Gasteiger partial charge on any atom is -0.334 e. The van der Waals surface area contributed by atoms with Crippen LogP contribution in [-0.2, 0) is 6.54 Å². The number of pyridine rings is 1. The Kier molecular flexibility index (Phi) is 6.28. The zero-order valence-electron chi connectivity index (χ0n) is 20.5. The number of para-hydroxylation sites is 1. The molecule has 9 heteroatoms. The summed E-state index contributed by atoms with van der Waals surface area (Å²) in [5, 5.41) is 11.3. The Bertz CT molecular complexity index is 1410. The van der Waals surface area contributed by atoms with Crippen molar-refractivity contribution >= 4 is 28.5 Å². The van der Waals surface area contributed by atoms with Crippen LogP contribution in [-0.4, -0.2) is 68.7 Å². The fraction of sp³-hybridized carbons (Fsp3) is 0.286. The van der Waals surface area contributed by atoms with Crippen LogP contribution in [0.15, 0.2) is 73.1 Å². The normalized spacial score (nSPS) is 16.1. The first-order valence-corrected chi connectivity index (χ1v) is 12.7. The number of carbonyl (C=O) groups excluding carboxylic acids is 2.